The van der Waals surface area contributed by atoms with Crippen LogP contribution in [0.5, 0.6) is 0 Å². The maximum absolute atomic E-state index is 5.88. The highest BCUT2D eigenvalue weighted by Crippen LogP contribution is 2.08. The fraction of sp³-hybridized carbons (Fsp3) is 0.353. The normalized spacial score (nSPS) is 11.1. The van der Waals surface area contributed by atoms with Crippen molar-refractivity contribution in [2.24, 2.45) is 10.7 Å². The van der Waals surface area contributed by atoms with E-state index in [0.717, 1.165) is 25.1 Å². The van der Waals surface area contributed by atoms with Crippen LogP contribution in [0.3, 0.4) is 0 Å². The van der Waals surface area contributed by atoms with Gasteiger partial charge in [0.2, 0.25) is 0 Å². The second-order valence-corrected chi connectivity index (χ2v) is 5.94. The molecule has 3 N–H and O–H groups in total. The predicted octanol–water partition coefficient (Wildman–Crippen LogP) is 3.55. The first kappa shape index (κ1) is 19.9. The first-order valence-electron chi connectivity index (χ1n) is 7.49. The molecule has 0 saturated heterocycles. The highest BCUT2D eigenvalue weighted by Gasteiger charge is 1.97. The van der Waals surface area contributed by atoms with Crippen LogP contribution in [0.25, 0.3) is 0 Å². The quantitative estimate of drug-likeness (QED) is 0.371. The Hall–Kier alpha value is -1.12. The lowest BCUT2D eigenvalue weighted by Crippen LogP contribution is -2.33. The Morgan fingerprint density at radius 2 is 1.96 bits per heavy atom. The lowest BCUT2D eigenvalue weighted by molar-refractivity contribution is 0.134. The van der Waals surface area contributed by atoms with Gasteiger partial charge in [-0.2, -0.15) is 0 Å². The van der Waals surface area contributed by atoms with E-state index in [9.17, 15) is 0 Å². The number of benzene rings is 1. The fourth-order valence-corrected chi connectivity index (χ4v) is 2.67. The molecule has 126 valence electrons. The lowest BCUT2D eigenvalue weighted by atomic mass is 10.1. The standard InChI is InChI=1S/C17H23N3OS.HI/c1-2-21-13-15-7-5-14(6-8-15)12-20-17(18)19-10-9-16-4-3-11-22-16;/h3-8,11H,2,9-10,12-13H2,1H3,(H3,18,19,20);1H. The Morgan fingerprint density at radius 1 is 1.22 bits per heavy atom. The molecule has 0 fully saturated rings. The summed E-state index contributed by atoms with van der Waals surface area (Å²) in [5.41, 5.74) is 8.20. The van der Waals surface area contributed by atoms with E-state index in [1.165, 1.54) is 10.4 Å². The van der Waals surface area contributed by atoms with Crippen molar-refractivity contribution in [3.63, 3.8) is 0 Å². The van der Waals surface area contributed by atoms with Crippen LogP contribution in [0.1, 0.15) is 22.9 Å². The highest BCUT2D eigenvalue weighted by atomic mass is 127. The summed E-state index contributed by atoms with van der Waals surface area (Å²) < 4.78 is 5.38. The van der Waals surface area contributed by atoms with E-state index < -0.39 is 0 Å². The van der Waals surface area contributed by atoms with E-state index in [1.54, 1.807) is 11.3 Å². The van der Waals surface area contributed by atoms with E-state index in [2.05, 4.69) is 52.1 Å². The minimum atomic E-state index is 0. The van der Waals surface area contributed by atoms with Gasteiger partial charge in [-0.25, -0.2) is 4.99 Å². The summed E-state index contributed by atoms with van der Waals surface area (Å²) in [7, 11) is 0. The smallest absolute Gasteiger partial charge is 0.188 e. The molecule has 0 saturated carbocycles. The number of nitrogens with zero attached hydrogens (tertiary/aromatic N) is 1. The van der Waals surface area contributed by atoms with E-state index in [-0.39, 0.29) is 24.0 Å². The SMILES string of the molecule is CCOCc1ccc(CN=C(N)NCCc2cccs2)cc1.I. The molecule has 0 bridgehead atoms. The predicted molar refractivity (Wildman–Crippen MR) is 109 cm³/mol. The zero-order valence-corrected chi connectivity index (χ0v) is 16.5. The van der Waals surface area contributed by atoms with Gasteiger partial charge in [-0.1, -0.05) is 30.3 Å². The molecule has 0 aliphatic carbocycles. The maximum atomic E-state index is 5.88. The number of rotatable bonds is 8. The van der Waals surface area contributed by atoms with Crippen molar-refractivity contribution < 1.29 is 4.74 Å². The molecule has 0 spiro atoms. The minimum absolute atomic E-state index is 0. The number of guanidine groups is 1. The molecule has 2 rings (SSSR count). The summed E-state index contributed by atoms with van der Waals surface area (Å²) in [6, 6.07) is 12.5. The van der Waals surface area contributed by atoms with Crippen LogP contribution in [0.15, 0.2) is 46.8 Å². The van der Waals surface area contributed by atoms with Gasteiger partial charge < -0.3 is 15.8 Å². The molecule has 1 aromatic carbocycles. The Bertz CT molecular complexity index is 570. The second-order valence-electron chi connectivity index (χ2n) is 4.91. The van der Waals surface area contributed by atoms with Gasteiger partial charge in [0.25, 0.3) is 0 Å². The van der Waals surface area contributed by atoms with Crippen LogP contribution < -0.4 is 11.1 Å². The van der Waals surface area contributed by atoms with Gasteiger partial charge in [0.05, 0.1) is 13.2 Å². The summed E-state index contributed by atoms with van der Waals surface area (Å²) in [6.45, 7) is 4.79. The van der Waals surface area contributed by atoms with Gasteiger partial charge in [0.15, 0.2) is 5.96 Å². The minimum Gasteiger partial charge on any atom is -0.377 e. The molecule has 0 aliphatic rings. The second kappa shape index (κ2) is 11.4. The molecule has 4 nitrogen and oxygen atoms in total. The molecule has 6 heteroatoms. The Kier molecular flexibility index (Phi) is 9.89. The van der Waals surface area contributed by atoms with Crippen molar-refractivity contribution in [3.05, 3.63) is 57.8 Å². The third kappa shape index (κ3) is 7.81. The number of aliphatic imine (C=N–C) groups is 1. The van der Waals surface area contributed by atoms with Gasteiger partial charge in [0.1, 0.15) is 0 Å². The number of hydrogen-bond donors (Lipinski definition) is 2. The third-order valence-electron chi connectivity index (χ3n) is 3.19. The summed E-state index contributed by atoms with van der Waals surface area (Å²) in [5.74, 6) is 0.495. The van der Waals surface area contributed by atoms with Crippen molar-refractivity contribution in [1.82, 2.24) is 5.32 Å². The van der Waals surface area contributed by atoms with E-state index in [4.69, 9.17) is 10.5 Å². The monoisotopic (exact) mass is 445 g/mol. The zero-order chi connectivity index (χ0) is 15.6. The molecular weight excluding hydrogens is 421 g/mol. The van der Waals surface area contributed by atoms with E-state index in [0.29, 0.717) is 19.1 Å². The molecule has 23 heavy (non-hydrogen) atoms. The molecule has 0 aliphatic heterocycles. The van der Waals surface area contributed by atoms with Crippen molar-refractivity contribution in [2.45, 2.75) is 26.5 Å². The average Bonchev–Trinajstić information content (AvgIpc) is 3.05. The summed E-state index contributed by atoms with van der Waals surface area (Å²) in [6.07, 6.45) is 0.972. The number of hydrogen-bond acceptors (Lipinski definition) is 3. The Balaban J connectivity index is 0.00000264. The van der Waals surface area contributed by atoms with Crippen LogP contribution in [0.2, 0.25) is 0 Å². The van der Waals surface area contributed by atoms with Crippen LogP contribution in [0, 0.1) is 0 Å². The fourth-order valence-electron chi connectivity index (χ4n) is 1.96. The van der Waals surface area contributed by atoms with Crippen molar-refractivity contribution in [3.8, 4) is 0 Å². The third-order valence-corrected chi connectivity index (χ3v) is 4.12. The van der Waals surface area contributed by atoms with Crippen molar-refractivity contribution >= 4 is 41.3 Å². The topological polar surface area (TPSA) is 59.6 Å². The molecule has 0 radical (unpaired) electrons. The largest absolute Gasteiger partial charge is 0.377 e. The van der Waals surface area contributed by atoms with Gasteiger partial charge >= 0.3 is 0 Å². The molecule has 0 atom stereocenters. The Morgan fingerprint density at radius 3 is 2.61 bits per heavy atom. The lowest BCUT2D eigenvalue weighted by Gasteiger charge is -2.05. The first-order chi connectivity index (χ1) is 10.8. The van der Waals surface area contributed by atoms with Crippen LogP contribution in [-0.4, -0.2) is 19.1 Å². The number of nitrogens with one attached hydrogen (secondary N) is 1. The number of thiophene rings is 1. The summed E-state index contributed by atoms with van der Waals surface area (Å²) >= 11 is 1.76. The Labute approximate surface area is 159 Å². The molecule has 0 amide bonds. The van der Waals surface area contributed by atoms with Gasteiger partial charge in [-0.05, 0) is 35.9 Å². The van der Waals surface area contributed by atoms with Crippen molar-refractivity contribution in [2.75, 3.05) is 13.2 Å². The molecule has 2 aromatic rings. The number of nitrogens with two attached hydrogens (primary N) is 1. The van der Waals surface area contributed by atoms with Gasteiger partial charge in [-0.3, -0.25) is 0 Å². The number of halogens is 1. The summed E-state index contributed by atoms with van der Waals surface area (Å²) in [4.78, 5) is 5.71. The van der Waals surface area contributed by atoms with E-state index in [1.807, 2.05) is 6.92 Å². The molecule has 1 heterocycles. The van der Waals surface area contributed by atoms with Gasteiger partial charge in [-0.15, -0.1) is 35.3 Å². The van der Waals surface area contributed by atoms with Crippen molar-refractivity contribution in [1.29, 1.82) is 0 Å². The van der Waals surface area contributed by atoms with E-state index >= 15 is 0 Å². The maximum Gasteiger partial charge on any atom is 0.188 e. The molecule has 0 unspecified atom stereocenters. The van der Waals surface area contributed by atoms with Crippen LogP contribution >= 0.6 is 35.3 Å². The average molecular weight is 445 g/mol. The summed E-state index contributed by atoms with van der Waals surface area (Å²) in [5, 5.41) is 5.23. The highest BCUT2D eigenvalue weighted by molar-refractivity contribution is 14.0. The van der Waals surface area contributed by atoms with Crippen LogP contribution in [-0.2, 0) is 24.3 Å². The van der Waals surface area contributed by atoms with Gasteiger partial charge in [0, 0.05) is 18.0 Å². The molecular formula is C17H24IN3OS. The molecule has 1 aromatic heterocycles. The van der Waals surface area contributed by atoms with Crippen LogP contribution in [0.4, 0.5) is 0 Å². The first-order valence-corrected chi connectivity index (χ1v) is 8.37. The number of ether oxygens (including phenoxy) is 1. The zero-order valence-electron chi connectivity index (χ0n) is 13.3.